The van der Waals surface area contributed by atoms with Crippen LogP contribution >= 0.6 is 23.4 Å². The third-order valence-corrected chi connectivity index (χ3v) is 5.20. The number of nitrogens with zero attached hydrogens (tertiary/aromatic N) is 2. The van der Waals surface area contributed by atoms with Gasteiger partial charge in [0.25, 0.3) is 5.56 Å². The molecule has 0 radical (unpaired) electrons. The van der Waals surface area contributed by atoms with Gasteiger partial charge in [0.2, 0.25) is 0 Å². The monoisotopic (exact) mass is 379 g/mol. The molecule has 1 aromatic heterocycles. The van der Waals surface area contributed by atoms with Crippen LogP contribution in [-0.4, -0.2) is 20.4 Å². The fourth-order valence-corrected chi connectivity index (χ4v) is 3.59. The quantitative estimate of drug-likeness (QED) is 0.732. The standard InChI is InChI=1S/C18H22ClN3O2S/c1-4-11-25-18(24)22-16(20)15(13-9-7-8-10-14(13)19)17(23)21(22)12(5-2)6-3/h4,7-10,12H,1,5-6,11,20H2,2-3H3. The summed E-state index contributed by atoms with van der Waals surface area (Å²) in [6, 6.07) is 6.87. The van der Waals surface area contributed by atoms with Crippen LogP contribution in [0.5, 0.6) is 0 Å². The highest BCUT2D eigenvalue weighted by Crippen LogP contribution is 2.32. The van der Waals surface area contributed by atoms with Crippen molar-refractivity contribution < 1.29 is 4.79 Å². The first-order valence-corrected chi connectivity index (χ1v) is 9.50. The number of carbonyl (C=O) groups is 1. The zero-order chi connectivity index (χ0) is 18.6. The number of rotatable bonds is 6. The lowest BCUT2D eigenvalue weighted by Crippen LogP contribution is -2.30. The summed E-state index contributed by atoms with van der Waals surface area (Å²) >= 11 is 7.31. The van der Waals surface area contributed by atoms with E-state index in [0.29, 0.717) is 29.2 Å². The van der Waals surface area contributed by atoms with E-state index in [1.165, 1.54) is 9.36 Å². The Balaban J connectivity index is 2.75. The molecule has 0 aliphatic rings. The van der Waals surface area contributed by atoms with Gasteiger partial charge in [-0.15, -0.1) is 6.58 Å². The van der Waals surface area contributed by atoms with Gasteiger partial charge in [0.1, 0.15) is 5.82 Å². The number of thioether (sulfide) groups is 1. The van der Waals surface area contributed by atoms with Gasteiger partial charge in [-0.3, -0.25) is 9.59 Å². The highest BCUT2D eigenvalue weighted by molar-refractivity contribution is 8.13. The van der Waals surface area contributed by atoms with Crippen molar-refractivity contribution in [1.82, 2.24) is 9.36 Å². The number of hydrogen-bond donors (Lipinski definition) is 1. The highest BCUT2D eigenvalue weighted by Gasteiger charge is 2.27. The summed E-state index contributed by atoms with van der Waals surface area (Å²) in [5.74, 6) is 0.557. The van der Waals surface area contributed by atoms with Crippen molar-refractivity contribution in [3.8, 4) is 11.1 Å². The molecule has 0 fully saturated rings. The van der Waals surface area contributed by atoms with Crippen molar-refractivity contribution in [3.63, 3.8) is 0 Å². The van der Waals surface area contributed by atoms with E-state index < -0.39 is 0 Å². The number of anilines is 1. The van der Waals surface area contributed by atoms with E-state index in [2.05, 4.69) is 6.58 Å². The summed E-state index contributed by atoms with van der Waals surface area (Å²) in [6.45, 7) is 7.57. The third kappa shape index (κ3) is 3.70. The maximum atomic E-state index is 13.1. The van der Waals surface area contributed by atoms with Crippen LogP contribution < -0.4 is 11.3 Å². The van der Waals surface area contributed by atoms with Crippen LogP contribution in [0.25, 0.3) is 11.1 Å². The van der Waals surface area contributed by atoms with E-state index in [4.69, 9.17) is 17.3 Å². The molecule has 2 rings (SSSR count). The van der Waals surface area contributed by atoms with Crippen molar-refractivity contribution in [1.29, 1.82) is 0 Å². The van der Waals surface area contributed by atoms with Gasteiger partial charge in [-0.1, -0.05) is 61.5 Å². The van der Waals surface area contributed by atoms with Crippen molar-refractivity contribution in [2.75, 3.05) is 11.5 Å². The molecule has 134 valence electrons. The number of nitrogen functional groups attached to an aromatic ring is 1. The molecule has 0 aliphatic heterocycles. The Kier molecular flexibility index (Phi) is 6.56. The lowest BCUT2D eigenvalue weighted by Gasteiger charge is -2.18. The number of aromatic nitrogens is 2. The Morgan fingerprint density at radius 1 is 1.36 bits per heavy atom. The van der Waals surface area contributed by atoms with Crippen molar-refractivity contribution in [3.05, 3.63) is 52.3 Å². The minimum absolute atomic E-state index is 0.117. The first-order valence-electron chi connectivity index (χ1n) is 8.13. The van der Waals surface area contributed by atoms with Gasteiger partial charge in [-0.2, -0.15) is 4.68 Å². The van der Waals surface area contributed by atoms with Crippen LogP contribution in [0.15, 0.2) is 41.7 Å². The van der Waals surface area contributed by atoms with Gasteiger partial charge in [0.05, 0.1) is 11.6 Å². The molecule has 0 unspecified atom stereocenters. The normalized spacial score (nSPS) is 11.0. The Morgan fingerprint density at radius 2 is 2.00 bits per heavy atom. The Hall–Kier alpha value is -1.92. The lowest BCUT2D eigenvalue weighted by molar-refractivity contribution is 0.251. The molecule has 25 heavy (non-hydrogen) atoms. The first-order chi connectivity index (χ1) is 12.0. The molecule has 0 aliphatic carbocycles. The Morgan fingerprint density at radius 3 is 2.56 bits per heavy atom. The number of benzene rings is 1. The van der Waals surface area contributed by atoms with Crippen LogP contribution in [0.3, 0.4) is 0 Å². The maximum absolute atomic E-state index is 13.1. The van der Waals surface area contributed by atoms with Crippen LogP contribution in [0.1, 0.15) is 32.7 Å². The predicted molar refractivity (Wildman–Crippen MR) is 107 cm³/mol. The van der Waals surface area contributed by atoms with Crippen LogP contribution in [0, 0.1) is 0 Å². The molecular formula is C18H22ClN3O2S. The second-order valence-corrected chi connectivity index (χ2v) is 6.92. The second-order valence-electron chi connectivity index (χ2n) is 5.54. The number of halogens is 1. The predicted octanol–water partition coefficient (Wildman–Crippen LogP) is 4.80. The smallest absolute Gasteiger partial charge is 0.306 e. The van der Waals surface area contributed by atoms with Gasteiger partial charge in [-0.25, -0.2) is 4.68 Å². The van der Waals surface area contributed by atoms with E-state index in [0.717, 1.165) is 11.8 Å². The fourth-order valence-electron chi connectivity index (χ4n) is 2.80. The zero-order valence-corrected chi connectivity index (χ0v) is 15.9. The maximum Gasteiger partial charge on any atom is 0.306 e. The van der Waals surface area contributed by atoms with E-state index in [-0.39, 0.29) is 28.2 Å². The number of nitrogens with two attached hydrogens (primary N) is 1. The molecule has 0 amide bonds. The van der Waals surface area contributed by atoms with E-state index in [9.17, 15) is 9.59 Å². The molecule has 0 atom stereocenters. The molecule has 2 aromatic rings. The highest BCUT2D eigenvalue weighted by atomic mass is 35.5. The van der Waals surface area contributed by atoms with Crippen LogP contribution in [-0.2, 0) is 0 Å². The summed E-state index contributed by atoms with van der Waals surface area (Å²) < 4.78 is 2.75. The average molecular weight is 380 g/mol. The van der Waals surface area contributed by atoms with Gasteiger partial charge in [0.15, 0.2) is 0 Å². The second kappa shape index (κ2) is 8.45. The molecule has 5 nitrogen and oxygen atoms in total. The molecule has 1 aromatic carbocycles. The molecular weight excluding hydrogens is 358 g/mol. The van der Waals surface area contributed by atoms with Crippen molar-refractivity contribution in [2.45, 2.75) is 32.7 Å². The van der Waals surface area contributed by atoms with E-state index in [1.807, 2.05) is 13.8 Å². The van der Waals surface area contributed by atoms with Gasteiger partial charge >= 0.3 is 5.24 Å². The average Bonchev–Trinajstić information content (AvgIpc) is 2.86. The Bertz CT molecular complexity index is 837. The molecule has 0 saturated carbocycles. The first kappa shape index (κ1) is 19.4. The van der Waals surface area contributed by atoms with E-state index in [1.54, 1.807) is 30.3 Å². The van der Waals surface area contributed by atoms with Gasteiger partial charge in [0, 0.05) is 16.3 Å². The van der Waals surface area contributed by atoms with Crippen molar-refractivity contribution in [2.24, 2.45) is 0 Å². The number of carbonyl (C=O) groups excluding carboxylic acids is 1. The summed E-state index contributed by atoms with van der Waals surface area (Å²) in [7, 11) is 0. The fraction of sp³-hybridized carbons (Fsp3) is 0.333. The summed E-state index contributed by atoms with van der Waals surface area (Å²) in [5.41, 5.74) is 6.75. The van der Waals surface area contributed by atoms with Crippen molar-refractivity contribution >= 4 is 34.4 Å². The lowest BCUT2D eigenvalue weighted by atomic mass is 10.1. The summed E-state index contributed by atoms with van der Waals surface area (Å²) in [5, 5.41) is 0.117. The summed E-state index contributed by atoms with van der Waals surface area (Å²) in [6.07, 6.45) is 3.05. The van der Waals surface area contributed by atoms with E-state index >= 15 is 0 Å². The molecule has 7 heteroatoms. The topological polar surface area (TPSA) is 70.0 Å². The number of hydrogen-bond acceptors (Lipinski definition) is 4. The molecule has 0 spiro atoms. The Labute approximate surface area is 156 Å². The third-order valence-electron chi connectivity index (χ3n) is 4.05. The van der Waals surface area contributed by atoms with Crippen LogP contribution in [0.4, 0.5) is 10.6 Å². The molecule has 1 heterocycles. The van der Waals surface area contributed by atoms with Gasteiger partial charge in [-0.05, 0) is 18.9 Å². The minimum atomic E-state index is -0.306. The molecule has 0 saturated heterocycles. The minimum Gasteiger partial charge on any atom is -0.383 e. The summed E-state index contributed by atoms with van der Waals surface area (Å²) in [4.78, 5) is 25.8. The SMILES string of the molecule is C=CCSC(=O)n1c(N)c(-c2ccccc2Cl)c(=O)n1C(CC)CC. The van der Waals surface area contributed by atoms with Crippen LogP contribution in [0.2, 0.25) is 5.02 Å². The largest absolute Gasteiger partial charge is 0.383 e. The zero-order valence-electron chi connectivity index (χ0n) is 14.4. The molecule has 2 N–H and O–H groups in total. The molecule has 0 bridgehead atoms. The van der Waals surface area contributed by atoms with Gasteiger partial charge < -0.3 is 5.73 Å².